The lowest BCUT2D eigenvalue weighted by atomic mass is 9.74. The number of hydrogen-bond acceptors (Lipinski definition) is 6. The summed E-state index contributed by atoms with van der Waals surface area (Å²) in [4.78, 5) is 28.2. The largest absolute Gasteiger partial charge is 0.351 e. The van der Waals surface area contributed by atoms with Crippen LogP contribution in [-0.2, 0) is 4.79 Å². The summed E-state index contributed by atoms with van der Waals surface area (Å²) in [6.07, 6.45) is 9.01. The molecule has 4 aromatic heterocycles. The number of fused-ring (bicyclic) bond motifs is 2. The molecule has 4 aromatic rings. The Morgan fingerprint density at radius 1 is 1.32 bits per heavy atom. The van der Waals surface area contributed by atoms with Gasteiger partial charge in [-0.3, -0.25) is 4.79 Å². The van der Waals surface area contributed by atoms with E-state index in [1.807, 2.05) is 30.7 Å². The van der Waals surface area contributed by atoms with Gasteiger partial charge in [-0.25, -0.2) is 14.5 Å². The zero-order valence-corrected chi connectivity index (χ0v) is 15.6. The molecule has 0 radical (unpaired) electrons. The highest BCUT2D eigenvalue weighted by molar-refractivity contribution is 5.92. The molecule has 142 valence electrons. The molecule has 0 saturated heterocycles. The first-order valence-electron chi connectivity index (χ1n) is 9.19. The van der Waals surface area contributed by atoms with Crippen molar-refractivity contribution in [1.82, 2.24) is 34.9 Å². The van der Waals surface area contributed by atoms with Crippen LogP contribution in [0.25, 0.3) is 27.9 Å². The topological polar surface area (TPSA) is 113 Å². The highest BCUT2D eigenvalue weighted by atomic mass is 16.1. The van der Waals surface area contributed by atoms with Gasteiger partial charge in [-0.2, -0.15) is 10.1 Å². The Hall–Kier alpha value is -3.49. The number of hydrogen-bond donors (Lipinski definition) is 3. The van der Waals surface area contributed by atoms with E-state index in [1.165, 1.54) is 0 Å². The van der Waals surface area contributed by atoms with Gasteiger partial charge < -0.3 is 15.6 Å². The van der Waals surface area contributed by atoms with Gasteiger partial charge in [0.05, 0.1) is 11.9 Å². The van der Waals surface area contributed by atoms with E-state index in [9.17, 15) is 4.79 Å². The maximum Gasteiger partial charge on any atom is 0.224 e. The van der Waals surface area contributed by atoms with E-state index in [1.54, 1.807) is 17.6 Å². The van der Waals surface area contributed by atoms with Gasteiger partial charge in [0, 0.05) is 54.1 Å². The predicted molar refractivity (Wildman–Crippen MR) is 105 cm³/mol. The summed E-state index contributed by atoms with van der Waals surface area (Å²) in [5, 5.41) is 11.4. The lowest BCUT2D eigenvalue weighted by Gasteiger charge is -2.45. The molecule has 3 N–H and O–H groups in total. The smallest absolute Gasteiger partial charge is 0.224 e. The molecular formula is C19H20N8O. The van der Waals surface area contributed by atoms with E-state index in [-0.39, 0.29) is 17.5 Å². The highest BCUT2D eigenvalue weighted by Crippen LogP contribution is 2.34. The van der Waals surface area contributed by atoms with Crippen LogP contribution in [0.1, 0.15) is 26.7 Å². The SMILES string of the molecule is CC(=O)NC1(C)CC(Nc2ncc3c(-c4ccn5nccc5n4)c[nH]c3n2)C1. The average Bonchev–Trinajstić information content (AvgIpc) is 3.25. The number of aromatic amines is 1. The zero-order valence-electron chi connectivity index (χ0n) is 15.6. The third-order valence-electron chi connectivity index (χ3n) is 5.17. The predicted octanol–water partition coefficient (Wildman–Crippen LogP) is 2.14. The fraction of sp³-hybridized carbons (Fsp3) is 0.316. The van der Waals surface area contributed by atoms with Gasteiger partial charge in [0.1, 0.15) is 5.65 Å². The van der Waals surface area contributed by atoms with Crippen LogP contribution in [0.2, 0.25) is 0 Å². The highest BCUT2D eigenvalue weighted by Gasteiger charge is 2.41. The van der Waals surface area contributed by atoms with Gasteiger partial charge in [0.2, 0.25) is 11.9 Å². The van der Waals surface area contributed by atoms with Gasteiger partial charge >= 0.3 is 0 Å². The quantitative estimate of drug-likeness (QED) is 0.503. The molecule has 0 bridgehead atoms. The summed E-state index contributed by atoms with van der Waals surface area (Å²) < 4.78 is 1.73. The van der Waals surface area contributed by atoms with Gasteiger partial charge in [-0.05, 0) is 25.8 Å². The van der Waals surface area contributed by atoms with Crippen molar-refractivity contribution in [3.63, 3.8) is 0 Å². The van der Waals surface area contributed by atoms with E-state index < -0.39 is 0 Å². The molecule has 5 rings (SSSR count). The Morgan fingerprint density at radius 3 is 3.00 bits per heavy atom. The Kier molecular flexibility index (Phi) is 3.58. The maximum atomic E-state index is 11.3. The molecule has 1 aliphatic carbocycles. The lowest BCUT2D eigenvalue weighted by molar-refractivity contribution is -0.121. The standard InChI is InChI=1S/C19H20N8O/c1-11(28)26-19(2)7-12(8-19)23-18-21-10-14-13(9-20-17(14)25-18)15-4-6-27-16(24-15)3-5-22-27/h3-6,9-10,12H,7-8H2,1-2H3,(H,26,28)(H2,20,21,23,25). The summed E-state index contributed by atoms with van der Waals surface area (Å²) in [5.74, 6) is 0.579. The fourth-order valence-corrected chi connectivity index (χ4v) is 3.99. The number of rotatable bonds is 4. The third-order valence-corrected chi connectivity index (χ3v) is 5.17. The van der Waals surface area contributed by atoms with Crippen molar-refractivity contribution in [2.45, 2.75) is 38.3 Å². The number of H-pyrrole nitrogens is 1. The van der Waals surface area contributed by atoms with Crippen molar-refractivity contribution in [2.75, 3.05) is 5.32 Å². The van der Waals surface area contributed by atoms with Crippen molar-refractivity contribution < 1.29 is 4.79 Å². The minimum atomic E-state index is -0.148. The lowest BCUT2D eigenvalue weighted by Crippen LogP contribution is -2.59. The van der Waals surface area contributed by atoms with Crippen LogP contribution in [0.15, 0.2) is 36.9 Å². The zero-order chi connectivity index (χ0) is 19.3. The Labute approximate surface area is 160 Å². The van der Waals surface area contributed by atoms with Gasteiger partial charge in [-0.15, -0.1) is 0 Å². The molecule has 9 nitrogen and oxygen atoms in total. The monoisotopic (exact) mass is 376 g/mol. The number of nitrogens with zero attached hydrogens (tertiary/aromatic N) is 5. The molecule has 1 aliphatic rings. The number of amides is 1. The van der Waals surface area contributed by atoms with Crippen LogP contribution in [-0.4, -0.2) is 47.0 Å². The fourth-order valence-electron chi connectivity index (χ4n) is 3.99. The van der Waals surface area contributed by atoms with Crippen LogP contribution in [0.5, 0.6) is 0 Å². The van der Waals surface area contributed by atoms with E-state index in [2.05, 4.69) is 42.6 Å². The minimum absolute atomic E-state index is 0.000242. The van der Waals surface area contributed by atoms with Gasteiger partial charge in [0.25, 0.3) is 0 Å². The Balaban J connectivity index is 1.36. The molecule has 1 amide bonds. The molecular weight excluding hydrogens is 356 g/mol. The molecule has 0 aliphatic heterocycles. The van der Waals surface area contributed by atoms with Crippen molar-refractivity contribution in [3.05, 3.63) is 36.9 Å². The van der Waals surface area contributed by atoms with E-state index in [4.69, 9.17) is 0 Å². The average molecular weight is 376 g/mol. The molecule has 28 heavy (non-hydrogen) atoms. The van der Waals surface area contributed by atoms with E-state index >= 15 is 0 Å². The molecule has 0 aromatic carbocycles. The number of aromatic nitrogens is 6. The first-order chi connectivity index (χ1) is 13.5. The first-order valence-corrected chi connectivity index (χ1v) is 9.19. The maximum absolute atomic E-state index is 11.3. The summed E-state index contributed by atoms with van der Waals surface area (Å²) in [6.45, 7) is 3.60. The second-order valence-corrected chi connectivity index (χ2v) is 7.60. The third kappa shape index (κ3) is 2.84. The summed E-state index contributed by atoms with van der Waals surface area (Å²) in [6, 6.07) is 4.03. The Bertz CT molecular complexity index is 1190. The molecule has 9 heteroatoms. The van der Waals surface area contributed by atoms with Crippen LogP contribution >= 0.6 is 0 Å². The molecule has 0 unspecified atom stereocenters. The molecule has 0 atom stereocenters. The van der Waals surface area contributed by atoms with E-state index in [0.29, 0.717) is 5.95 Å². The van der Waals surface area contributed by atoms with Crippen LogP contribution in [0.3, 0.4) is 0 Å². The van der Waals surface area contributed by atoms with Crippen LogP contribution in [0.4, 0.5) is 5.95 Å². The number of anilines is 1. The van der Waals surface area contributed by atoms with Crippen molar-refractivity contribution >= 4 is 28.5 Å². The van der Waals surface area contributed by atoms with Gasteiger partial charge in [0.15, 0.2) is 5.65 Å². The molecule has 1 saturated carbocycles. The van der Waals surface area contributed by atoms with Crippen LogP contribution in [0, 0.1) is 0 Å². The Morgan fingerprint density at radius 2 is 2.18 bits per heavy atom. The van der Waals surface area contributed by atoms with E-state index in [0.717, 1.165) is 40.8 Å². The van der Waals surface area contributed by atoms with Crippen molar-refractivity contribution in [1.29, 1.82) is 0 Å². The number of carbonyl (C=O) groups excluding carboxylic acids is 1. The first kappa shape index (κ1) is 16.7. The van der Waals surface area contributed by atoms with Crippen molar-refractivity contribution in [3.8, 4) is 11.3 Å². The normalized spacial score (nSPS) is 21.6. The second kappa shape index (κ2) is 6.01. The summed E-state index contributed by atoms with van der Waals surface area (Å²) in [7, 11) is 0. The molecule has 1 fully saturated rings. The van der Waals surface area contributed by atoms with Crippen molar-refractivity contribution in [2.24, 2.45) is 0 Å². The second-order valence-electron chi connectivity index (χ2n) is 7.60. The summed E-state index contributed by atoms with van der Waals surface area (Å²) >= 11 is 0. The molecule has 4 heterocycles. The molecule has 0 spiro atoms. The summed E-state index contributed by atoms with van der Waals surface area (Å²) in [5.41, 5.74) is 3.19. The van der Waals surface area contributed by atoms with Gasteiger partial charge in [-0.1, -0.05) is 0 Å². The minimum Gasteiger partial charge on any atom is -0.351 e. The number of nitrogens with one attached hydrogen (secondary N) is 3. The number of carbonyl (C=O) groups is 1. The van der Waals surface area contributed by atoms with Crippen LogP contribution < -0.4 is 10.6 Å².